The number of para-hydroxylation sites is 1. The van der Waals surface area contributed by atoms with Gasteiger partial charge >= 0.3 is 0 Å². The van der Waals surface area contributed by atoms with Gasteiger partial charge < -0.3 is 13.9 Å². The Labute approximate surface area is 203 Å². The first kappa shape index (κ1) is 23.8. The topological polar surface area (TPSA) is 96.5 Å². The van der Waals surface area contributed by atoms with Crippen LogP contribution < -0.4 is 9.47 Å². The fourth-order valence-electron chi connectivity index (χ4n) is 3.64. The van der Waals surface area contributed by atoms with E-state index in [0.29, 0.717) is 40.2 Å². The molecule has 0 saturated heterocycles. The van der Waals surface area contributed by atoms with E-state index in [0.717, 1.165) is 11.1 Å². The van der Waals surface area contributed by atoms with Crippen LogP contribution in [0.4, 0.5) is 0 Å². The Morgan fingerprint density at radius 1 is 1.00 bits per heavy atom. The summed E-state index contributed by atoms with van der Waals surface area (Å²) in [7, 11) is -0.485. The van der Waals surface area contributed by atoms with Crippen LogP contribution in [0.25, 0.3) is 17.3 Å². The molecule has 0 bridgehead atoms. The molecule has 0 aliphatic rings. The number of furan rings is 1. The predicted octanol–water partition coefficient (Wildman–Crippen LogP) is 4.66. The first-order valence-electron chi connectivity index (χ1n) is 10.5. The van der Waals surface area contributed by atoms with E-state index in [1.807, 2.05) is 19.1 Å². The molecule has 0 aliphatic carbocycles. The summed E-state index contributed by atoms with van der Waals surface area (Å²) >= 11 is 5.93. The molecule has 10 heteroatoms. The van der Waals surface area contributed by atoms with Crippen LogP contribution >= 0.6 is 11.6 Å². The van der Waals surface area contributed by atoms with Crippen LogP contribution in [-0.4, -0.2) is 43.2 Å². The lowest BCUT2D eigenvalue weighted by Gasteiger charge is -2.17. The largest absolute Gasteiger partial charge is 0.494 e. The number of nitrogens with zero attached hydrogens (tertiary/aromatic N) is 3. The average molecular weight is 502 g/mol. The fourth-order valence-corrected chi connectivity index (χ4v) is 5.04. The number of aryl methyl sites for hydroxylation is 2. The zero-order valence-electron chi connectivity index (χ0n) is 19.0. The lowest BCUT2D eigenvalue weighted by Crippen LogP contribution is -2.16. The first-order valence-corrected chi connectivity index (χ1v) is 12.7. The van der Waals surface area contributed by atoms with E-state index in [-0.39, 0.29) is 17.3 Å². The summed E-state index contributed by atoms with van der Waals surface area (Å²) in [5.74, 6) is 1.63. The van der Waals surface area contributed by atoms with Crippen LogP contribution in [0.1, 0.15) is 17.0 Å². The monoisotopic (exact) mass is 501 g/mol. The SMILES string of the molecule is COc1cccc(OC)c1-n1c(CS(=O)(=O)CCc2ccc(Cl)cc2)nnc1-c1occc1C. The van der Waals surface area contributed by atoms with Crippen molar-refractivity contribution >= 4 is 21.4 Å². The molecule has 0 radical (unpaired) electrons. The van der Waals surface area contributed by atoms with Crippen LogP contribution in [0.15, 0.2) is 59.2 Å². The van der Waals surface area contributed by atoms with Crippen LogP contribution in [0.5, 0.6) is 11.5 Å². The third-order valence-electron chi connectivity index (χ3n) is 5.38. The molecule has 4 aromatic rings. The van der Waals surface area contributed by atoms with E-state index in [4.69, 9.17) is 25.5 Å². The maximum absolute atomic E-state index is 13.1. The number of hydrogen-bond acceptors (Lipinski definition) is 7. The zero-order chi connectivity index (χ0) is 24.3. The van der Waals surface area contributed by atoms with Crippen molar-refractivity contribution in [2.75, 3.05) is 20.0 Å². The molecule has 0 amide bonds. The van der Waals surface area contributed by atoms with Gasteiger partial charge in [0.25, 0.3) is 0 Å². The van der Waals surface area contributed by atoms with E-state index in [2.05, 4.69) is 10.2 Å². The summed E-state index contributed by atoms with van der Waals surface area (Å²) < 4.78 is 44.6. The number of rotatable bonds is 9. The molecule has 0 saturated carbocycles. The molecule has 0 spiro atoms. The molecule has 0 atom stereocenters. The lowest BCUT2D eigenvalue weighted by atomic mass is 10.2. The van der Waals surface area contributed by atoms with E-state index in [1.165, 1.54) is 14.2 Å². The van der Waals surface area contributed by atoms with Gasteiger partial charge in [0.1, 0.15) is 22.9 Å². The first-order chi connectivity index (χ1) is 16.3. The van der Waals surface area contributed by atoms with E-state index >= 15 is 0 Å². The minimum Gasteiger partial charge on any atom is -0.494 e. The van der Waals surface area contributed by atoms with Crippen molar-refractivity contribution in [3.63, 3.8) is 0 Å². The van der Waals surface area contributed by atoms with Gasteiger partial charge in [0.2, 0.25) is 5.82 Å². The smallest absolute Gasteiger partial charge is 0.204 e. The number of hydrogen-bond donors (Lipinski definition) is 0. The maximum atomic E-state index is 13.1. The predicted molar refractivity (Wildman–Crippen MR) is 130 cm³/mol. The Balaban J connectivity index is 1.76. The summed E-state index contributed by atoms with van der Waals surface area (Å²) in [6.45, 7) is 1.87. The van der Waals surface area contributed by atoms with Gasteiger partial charge in [-0.1, -0.05) is 29.8 Å². The molecule has 0 N–H and O–H groups in total. The molecule has 4 rings (SSSR count). The molecule has 0 aliphatic heterocycles. The van der Waals surface area contributed by atoms with Crippen LogP contribution in [0, 0.1) is 6.92 Å². The number of sulfone groups is 1. The van der Waals surface area contributed by atoms with Gasteiger partial charge in [-0.25, -0.2) is 8.42 Å². The summed E-state index contributed by atoms with van der Waals surface area (Å²) in [4.78, 5) is 0. The van der Waals surface area contributed by atoms with Crippen molar-refractivity contribution in [3.8, 4) is 28.8 Å². The highest BCUT2D eigenvalue weighted by atomic mass is 35.5. The summed E-state index contributed by atoms with van der Waals surface area (Å²) in [6.07, 6.45) is 1.90. The van der Waals surface area contributed by atoms with E-state index < -0.39 is 9.84 Å². The quantitative estimate of drug-likeness (QED) is 0.329. The Hall–Kier alpha value is -3.30. The average Bonchev–Trinajstić information content (AvgIpc) is 3.43. The highest BCUT2D eigenvalue weighted by Crippen LogP contribution is 2.37. The minimum atomic E-state index is -3.55. The molecule has 8 nitrogen and oxygen atoms in total. The standard InChI is InChI=1S/C24H24ClN3O5S/c1-16-11-13-33-23(16)24-27-26-21(28(24)22-19(31-2)5-4-6-20(22)32-3)15-34(29,30)14-12-17-7-9-18(25)10-8-17/h4-11,13H,12,14-15H2,1-3H3. The number of halogens is 1. The molecule has 0 unspecified atom stereocenters. The zero-order valence-corrected chi connectivity index (χ0v) is 20.6. The van der Waals surface area contributed by atoms with E-state index in [1.54, 1.807) is 47.2 Å². The van der Waals surface area contributed by atoms with Crippen molar-refractivity contribution in [2.24, 2.45) is 0 Å². The van der Waals surface area contributed by atoms with Crippen molar-refractivity contribution in [2.45, 2.75) is 19.1 Å². The van der Waals surface area contributed by atoms with Gasteiger partial charge in [-0.15, -0.1) is 10.2 Å². The highest BCUT2D eigenvalue weighted by molar-refractivity contribution is 7.90. The van der Waals surface area contributed by atoms with Crippen molar-refractivity contribution in [1.29, 1.82) is 0 Å². The van der Waals surface area contributed by atoms with Crippen LogP contribution in [0.3, 0.4) is 0 Å². The van der Waals surface area contributed by atoms with Crippen molar-refractivity contribution < 1.29 is 22.3 Å². The summed E-state index contributed by atoms with van der Waals surface area (Å²) in [5, 5.41) is 9.13. The van der Waals surface area contributed by atoms with E-state index in [9.17, 15) is 8.42 Å². The lowest BCUT2D eigenvalue weighted by molar-refractivity contribution is 0.390. The summed E-state index contributed by atoms with van der Waals surface area (Å²) in [6, 6.07) is 14.2. The third-order valence-corrected chi connectivity index (χ3v) is 7.16. The normalized spacial score (nSPS) is 11.5. The molecule has 2 aromatic heterocycles. The van der Waals surface area contributed by atoms with Gasteiger partial charge in [-0.05, 0) is 54.8 Å². The number of ether oxygens (including phenoxy) is 2. The minimum absolute atomic E-state index is 0.0559. The Morgan fingerprint density at radius 3 is 2.26 bits per heavy atom. The molecule has 2 heterocycles. The van der Waals surface area contributed by atoms with Crippen molar-refractivity contribution in [1.82, 2.24) is 14.8 Å². The van der Waals surface area contributed by atoms with Crippen LogP contribution in [-0.2, 0) is 22.0 Å². The third kappa shape index (κ3) is 4.95. The van der Waals surface area contributed by atoms with Gasteiger partial charge in [-0.2, -0.15) is 0 Å². The molecular formula is C24H24ClN3O5S. The fraction of sp³-hybridized carbons (Fsp3) is 0.250. The summed E-state index contributed by atoms with van der Waals surface area (Å²) in [5.41, 5.74) is 2.21. The number of aromatic nitrogens is 3. The molecule has 178 valence electrons. The Kier molecular flexibility index (Phi) is 6.95. The van der Waals surface area contributed by atoms with Gasteiger partial charge in [-0.3, -0.25) is 4.57 Å². The second kappa shape index (κ2) is 9.90. The van der Waals surface area contributed by atoms with Crippen LogP contribution in [0.2, 0.25) is 5.02 Å². The van der Waals surface area contributed by atoms with Gasteiger partial charge in [0, 0.05) is 5.02 Å². The number of methoxy groups -OCH3 is 2. The van der Waals surface area contributed by atoms with Gasteiger partial charge in [0.05, 0.1) is 26.2 Å². The molecule has 2 aromatic carbocycles. The molecule has 0 fully saturated rings. The molecule has 34 heavy (non-hydrogen) atoms. The van der Waals surface area contributed by atoms with Crippen molar-refractivity contribution in [3.05, 3.63) is 76.8 Å². The Morgan fingerprint density at radius 2 is 1.68 bits per heavy atom. The van der Waals surface area contributed by atoms with Gasteiger partial charge in [0.15, 0.2) is 21.4 Å². The molecular weight excluding hydrogens is 478 g/mol. The Bertz CT molecular complexity index is 1370. The second-order valence-corrected chi connectivity index (χ2v) is 10.3. The second-order valence-electron chi connectivity index (χ2n) is 7.69. The highest BCUT2D eigenvalue weighted by Gasteiger charge is 2.27. The number of benzene rings is 2. The maximum Gasteiger partial charge on any atom is 0.204 e.